The fraction of sp³-hybridized carbons (Fsp3) is 0.429. The van der Waals surface area contributed by atoms with Gasteiger partial charge >= 0.3 is 0 Å². The quantitative estimate of drug-likeness (QED) is 0.603. The van der Waals surface area contributed by atoms with Gasteiger partial charge in [0.05, 0.1) is 0 Å². The Balaban J connectivity index is 2.48. The number of nitrogens with one attached hydrogen (secondary N) is 2. The number of aromatic amines is 1. The van der Waals surface area contributed by atoms with Gasteiger partial charge in [0.25, 0.3) is 11.7 Å². The predicted octanol–water partition coefficient (Wildman–Crippen LogP) is -0.659. The van der Waals surface area contributed by atoms with Crippen LogP contribution in [0, 0.1) is 12.3 Å². The van der Waals surface area contributed by atoms with Crippen LogP contribution in [0.2, 0.25) is 0 Å². The first-order chi connectivity index (χ1) is 6.24. The lowest BCUT2D eigenvalue weighted by molar-refractivity contribution is 0.0930. The lowest BCUT2D eigenvalue weighted by Crippen LogP contribution is -2.32. The summed E-state index contributed by atoms with van der Waals surface area (Å²) in [6, 6.07) is -0.0870. The van der Waals surface area contributed by atoms with Gasteiger partial charge < -0.3 is 5.32 Å². The summed E-state index contributed by atoms with van der Waals surface area (Å²) in [7, 11) is 0. The molecule has 0 fully saturated rings. The Morgan fingerprint density at radius 2 is 2.62 bits per heavy atom. The molecule has 68 valence electrons. The van der Waals surface area contributed by atoms with E-state index in [4.69, 9.17) is 6.42 Å². The van der Waals surface area contributed by atoms with Crippen LogP contribution in [0.15, 0.2) is 0 Å². The second-order valence-corrected chi connectivity index (χ2v) is 2.52. The highest BCUT2D eigenvalue weighted by Gasteiger charge is 2.12. The van der Waals surface area contributed by atoms with Crippen molar-refractivity contribution in [1.82, 2.24) is 25.9 Å². The van der Waals surface area contributed by atoms with E-state index >= 15 is 0 Å². The van der Waals surface area contributed by atoms with Crippen LogP contribution in [0.5, 0.6) is 0 Å². The van der Waals surface area contributed by atoms with Crippen molar-refractivity contribution in [2.75, 3.05) is 0 Å². The average molecular weight is 179 g/mol. The van der Waals surface area contributed by atoms with Gasteiger partial charge in [0.2, 0.25) is 0 Å². The minimum absolute atomic E-state index is 0.0175. The molecule has 0 saturated carbocycles. The van der Waals surface area contributed by atoms with Crippen LogP contribution in [0.25, 0.3) is 0 Å². The second kappa shape index (κ2) is 4.21. The Hall–Kier alpha value is -1.90. The maximum absolute atomic E-state index is 11.2. The zero-order valence-corrected chi connectivity index (χ0v) is 7.11. The summed E-state index contributed by atoms with van der Waals surface area (Å²) in [5.41, 5.74) is 0. The molecule has 1 atom stereocenters. The van der Waals surface area contributed by atoms with E-state index in [1.807, 2.05) is 0 Å². The summed E-state index contributed by atoms with van der Waals surface area (Å²) in [6.45, 7) is 1.80. The molecule has 0 saturated heterocycles. The molecule has 13 heavy (non-hydrogen) atoms. The minimum atomic E-state index is -0.378. The van der Waals surface area contributed by atoms with Crippen LogP contribution in [0.3, 0.4) is 0 Å². The summed E-state index contributed by atoms with van der Waals surface area (Å²) >= 11 is 0. The first-order valence-corrected chi connectivity index (χ1v) is 3.72. The molecule has 0 aliphatic carbocycles. The molecule has 1 heterocycles. The van der Waals surface area contributed by atoms with Gasteiger partial charge in [-0.3, -0.25) is 4.79 Å². The van der Waals surface area contributed by atoms with E-state index in [0.717, 1.165) is 0 Å². The largest absolute Gasteiger partial charge is 0.346 e. The molecule has 2 N–H and O–H groups in total. The Kier molecular flexibility index (Phi) is 2.97. The molecule has 6 heteroatoms. The normalized spacial score (nSPS) is 11.7. The molecule has 1 aromatic rings. The van der Waals surface area contributed by atoms with Crippen LogP contribution >= 0.6 is 0 Å². The third kappa shape index (κ3) is 2.56. The third-order valence-electron chi connectivity index (χ3n) is 1.35. The topological polar surface area (TPSA) is 83.6 Å². The average Bonchev–Trinajstić information content (AvgIpc) is 2.55. The van der Waals surface area contributed by atoms with E-state index in [1.54, 1.807) is 6.92 Å². The zero-order valence-electron chi connectivity index (χ0n) is 7.11. The van der Waals surface area contributed by atoms with Crippen LogP contribution in [0.1, 0.15) is 24.0 Å². The maximum Gasteiger partial charge on any atom is 0.293 e. The molecule has 0 bridgehead atoms. The molecule has 1 aromatic heterocycles. The van der Waals surface area contributed by atoms with Gasteiger partial charge in [0.15, 0.2) is 0 Å². The molecule has 0 radical (unpaired) electrons. The highest BCUT2D eigenvalue weighted by molar-refractivity contribution is 5.90. The van der Waals surface area contributed by atoms with E-state index in [9.17, 15) is 4.79 Å². The first-order valence-electron chi connectivity index (χ1n) is 3.72. The molecule has 1 unspecified atom stereocenters. The molecule has 6 nitrogen and oxygen atoms in total. The van der Waals surface area contributed by atoms with Gasteiger partial charge in [0.1, 0.15) is 0 Å². The highest BCUT2D eigenvalue weighted by atomic mass is 16.2. The van der Waals surface area contributed by atoms with Gasteiger partial charge in [0, 0.05) is 12.5 Å². The minimum Gasteiger partial charge on any atom is -0.346 e. The number of hydrogen-bond donors (Lipinski definition) is 2. The lowest BCUT2D eigenvalue weighted by Gasteiger charge is -2.07. The lowest BCUT2D eigenvalue weighted by atomic mass is 10.2. The van der Waals surface area contributed by atoms with Crippen molar-refractivity contribution in [2.24, 2.45) is 0 Å². The van der Waals surface area contributed by atoms with E-state index < -0.39 is 0 Å². The Bertz CT molecular complexity index is 312. The number of carbonyl (C=O) groups excluding carboxylic acids is 1. The number of tetrazole rings is 1. The number of terminal acetylenes is 1. The summed E-state index contributed by atoms with van der Waals surface area (Å²) in [4.78, 5) is 11.2. The fourth-order valence-electron chi connectivity index (χ4n) is 0.774. The van der Waals surface area contributed by atoms with Crippen molar-refractivity contribution in [2.45, 2.75) is 19.4 Å². The predicted molar refractivity (Wildman–Crippen MR) is 44.6 cm³/mol. The van der Waals surface area contributed by atoms with Gasteiger partial charge in [-0.15, -0.1) is 22.5 Å². The van der Waals surface area contributed by atoms with Gasteiger partial charge in [-0.05, 0) is 12.1 Å². The summed E-state index contributed by atoms with van der Waals surface area (Å²) in [5.74, 6) is 2.08. The second-order valence-electron chi connectivity index (χ2n) is 2.52. The van der Waals surface area contributed by atoms with Crippen LogP contribution < -0.4 is 5.32 Å². The molecule has 0 aliphatic rings. The molecule has 1 amide bonds. The summed E-state index contributed by atoms with van der Waals surface area (Å²) in [6.07, 6.45) is 5.55. The van der Waals surface area contributed by atoms with Crippen molar-refractivity contribution in [3.63, 3.8) is 0 Å². The Labute approximate surface area is 75.1 Å². The van der Waals surface area contributed by atoms with Crippen LogP contribution in [-0.4, -0.2) is 32.6 Å². The SMILES string of the molecule is C#CCC(C)NC(=O)c1nn[nH]n1. The number of H-pyrrole nitrogens is 1. The smallest absolute Gasteiger partial charge is 0.293 e. The third-order valence-corrected chi connectivity index (χ3v) is 1.35. The summed E-state index contributed by atoms with van der Waals surface area (Å²) in [5, 5.41) is 15.1. The van der Waals surface area contributed by atoms with Gasteiger partial charge in [-0.25, -0.2) is 0 Å². The number of carbonyl (C=O) groups is 1. The van der Waals surface area contributed by atoms with Crippen LogP contribution in [0.4, 0.5) is 0 Å². The molecule has 0 spiro atoms. The molecular weight excluding hydrogens is 170 g/mol. The summed E-state index contributed by atoms with van der Waals surface area (Å²) < 4.78 is 0. The molecular formula is C7H9N5O. The first kappa shape index (κ1) is 9.19. The van der Waals surface area contributed by atoms with E-state index in [0.29, 0.717) is 6.42 Å². The number of aromatic nitrogens is 4. The van der Waals surface area contributed by atoms with Crippen molar-refractivity contribution in [3.05, 3.63) is 5.82 Å². The Morgan fingerprint density at radius 1 is 1.85 bits per heavy atom. The number of rotatable bonds is 3. The van der Waals surface area contributed by atoms with Crippen molar-refractivity contribution in [1.29, 1.82) is 0 Å². The molecule has 1 rings (SSSR count). The van der Waals surface area contributed by atoms with Crippen molar-refractivity contribution < 1.29 is 4.79 Å². The van der Waals surface area contributed by atoms with E-state index in [2.05, 4.69) is 31.9 Å². The fourth-order valence-corrected chi connectivity index (χ4v) is 0.774. The van der Waals surface area contributed by atoms with Crippen molar-refractivity contribution >= 4 is 5.91 Å². The van der Waals surface area contributed by atoms with Gasteiger partial charge in [-0.2, -0.15) is 5.21 Å². The molecule has 0 aromatic carbocycles. The van der Waals surface area contributed by atoms with Crippen LogP contribution in [-0.2, 0) is 0 Å². The maximum atomic E-state index is 11.2. The molecule has 0 aliphatic heterocycles. The van der Waals surface area contributed by atoms with E-state index in [1.165, 1.54) is 0 Å². The number of hydrogen-bond acceptors (Lipinski definition) is 4. The number of nitrogens with zero attached hydrogens (tertiary/aromatic N) is 3. The standard InChI is InChI=1S/C7H9N5O/c1-3-4-5(2)8-7(13)6-9-11-12-10-6/h1,5H,4H2,2H3,(H,8,13)(H,9,10,11,12). The zero-order chi connectivity index (χ0) is 9.68. The van der Waals surface area contributed by atoms with Crippen molar-refractivity contribution in [3.8, 4) is 12.3 Å². The highest BCUT2D eigenvalue weighted by Crippen LogP contribution is 1.90. The van der Waals surface area contributed by atoms with Gasteiger partial charge in [-0.1, -0.05) is 0 Å². The van der Waals surface area contributed by atoms with E-state index in [-0.39, 0.29) is 17.8 Å². The Morgan fingerprint density at radius 3 is 3.15 bits per heavy atom. The monoisotopic (exact) mass is 179 g/mol. The number of amides is 1.